The first kappa shape index (κ1) is 74.8. The molecule has 9 N–H and O–H groups in total. The zero-order valence-corrected chi connectivity index (χ0v) is 54.6. The van der Waals surface area contributed by atoms with Crippen LogP contribution in [0.4, 0.5) is 39.5 Å². The maximum atomic E-state index is 13.4. The predicted molar refractivity (Wildman–Crippen MR) is 361 cm³/mol. The molecular formula is C74H68F9N11O8. The predicted octanol–water partition coefficient (Wildman–Crippen LogP) is 15.0. The lowest BCUT2D eigenvalue weighted by molar-refractivity contribution is -0.138. The number of carbonyl (C=O) groups excluding carboxylic acids is 4. The van der Waals surface area contributed by atoms with Gasteiger partial charge in [-0.15, -0.1) is 0 Å². The van der Waals surface area contributed by atoms with Gasteiger partial charge in [0.25, 0.3) is 17.7 Å². The summed E-state index contributed by atoms with van der Waals surface area (Å²) in [6.07, 6.45) is -8.23. The van der Waals surface area contributed by atoms with Crippen LogP contribution in [-0.2, 0) is 23.3 Å². The average Bonchev–Trinajstić information content (AvgIpc) is 1.54. The van der Waals surface area contributed by atoms with Crippen molar-refractivity contribution in [3.63, 3.8) is 0 Å². The van der Waals surface area contributed by atoms with Gasteiger partial charge in [-0.1, -0.05) is 18.2 Å². The molecule has 0 aliphatic carbocycles. The van der Waals surface area contributed by atoms with Gasteiger partial charge in [-0.05, 0) is 228 Å². The summed E-state index contributed by atoms with van der Waals surface area (Å²) in [5, 5.41) is 3.22. The molecule has 2 atom stereocenters. The first-order valence-corrected chi connectivity index (χ1v) is 31.8. The van der Waals surface area contributed by atoms with Crippen molar-refractivity contribution >= 4 is 23.6 Å². The van der Waals surface area contributed by atoms with Gasteiger partial charge in [-0.2, -0.15) is 39.5 Å². The lowest BCUT2D eigenvalue weighted by Crippen LogP contribution is -2.36. The molecule has 4 amide bonds. The Morgan fingerprint density at radius 1 is 0.441 bits per heavy atom. The molecule has 102 heavy (non-hydrogen) atoms. The molecule has 19 nitrogen and oxygen atoms in total. The lowest BCUT2D eigenvalue weighted by atomic mass is 10.0. The summed E-state index contributed by atoms with van der Waals surface area (Å²) in [6.45, 7) is 12.5. The fourth-order valence-corrected chi connectivity index (χ4v) is 11.1. The topological polar surface area (TPSA) is 271 Å². The van der Waals surface area contributed by atoms with Gasteiger partial charge in [0, 0.05) is 35.3 Å². The Labute approximate surface area is 580 Å². The summed E-state index contributed by atoms with van der Waals surface area (Å²) in [4.78, 5) is 66.2. The Balaban J connectivity index is 0.000000173. The van der Waals surface area contributed by atoms with E-state index >= 15 is 0 Å². The molecule has 3 aliphatic heterocycles. The number of hydrogen-bond acceptors (Lipinski definition) is 14. The van der Waals surface area contributed by atoms with Crippen LogP contribution in [0.25, 0.3) is 38.6 Å². The van der Waals surface area contributed by atoms with Gasteiger partial charge >= 0.3 is 24.7 Å². The van der Waals surface area contributed by atoms with E-state index in [1.54, 1.807) is 114 Å². The van der Waals surface area contributed by atoms with Gasteiger partial charge in [0.15, 0.2) is 11.5 Å². The third-order valence-corrected chi connectivity index (χ3v) is 16.2. The fourth-order valence-electron chi connectivity index (χ4n) is 11.1. The number of likely N-dealkylation sites (tertiary alicyclic amines) is 2. The number of nitrogens with one attached hydrogen (secondary N) is 1. The summed E-state index contributed by atoms with van der Waals surface area (Å²) < 4.78 is 141. The molecule has 0 bridgehead atoms. The minimum Gasteiger partial charge on any atom is -0.493 e. The van der Waals surface area contributed by atoms with Gasteiger partial charge in [0.1, 0.15) is 51.9 Å². The highest BCUT2D eigenvalue weighted by Gasteiger charge is 2.38. The van der Waals surface area contributed by atoms with Crippen LogP contribution in [0.5, 0.6) is 40.2 Å². The molecule has 12 rings (SSSR count). The summed E-state index contributed by atoms with van der Waals surface area (Å²) >= 11 is 0. The van der Waals surface area contributed by atoms with E-state index in [0.717, 1.165) is 67.6 Å². The van der Waals surface area contributed by atoms with Crippen LogP contribution < -0.4 is 47.2 Å². The summed E-state index contributed by atoms with van der Waals surface area (Å²) in [7, 11) is 1.27. The number of pyridine rings is 3. The van der Waals surface area contributed by atoms with Crippen LogP contribution in [0, 0.1) is 6.57 Å². The number of benzene rings is 6. The SMILES string of the molecule is C1CCNC1.COc1cc(C(F)(F)F)ccc1Oc1ccc(-c2cccc(C(N)=O)n2)cc1.NC(=O)c1cccc(-c2ccc(Oc3ccc(C(F)(F)F)cc3C(C(N)=O)N3CCCC3)cc2)n1.[C-]#[N+]C(c1cc(C(F)(F)F)ccc1Oc1ccc(-c2cccc(C(N)=O)n2)cc1)N1CCCC1. The number of ether oxygens (including phenoxy) is 4. The summed E-state index contributed by atoms with van der Waals surface area (Å²) in [5.41, 5.74) is 23.3. The summed E-state index contributed by atoms with van der Waals surface area (Å²) in [5.74, 6) is -1.11. The second kappa shape index (κ2) is 33.6. The third kappa shape index (κ3) is 19.9. The molecule has 0 spiro atoms. The first-order chi connectivity index (χ1) is 48.7. The zero-order chi connectivity index (χ0) is 73.3. The molecular weight excluding hydrogens is 1340 g/mol. The first-order valence-electron chi connectivity index (χ1n) is 31.8. The highest BCUT2D eigenvalue weighted by molar-refractivity contribution is 5.92. The molecule has 0 radical (unpaired) electrons. The smallest absolute Gasteiger partial charge is 0.416 e. The number of rotatable bonds is 18. The van der Waals surface area contributed by atoms with E-state index in [9.17, 15) is 58.7 Å². The highest BCUT2D eigenvalue weighted by Crippen LogP contribution is 2.43. The average molecular weight is 1410 g/mol. The molecule has 6 aromatic carbocycles. The molecule has 9 aromatic rings. The number of primary amides is 4. The zero-order valence-electron chi connectivity index (χ0n) is 54.6. The van der Waals surface area contributed by atoms with E-state index in [-0.39, 0.29) is 51.2 Å². The van der Waals surface area contributed by atoms with Crippen molar-refractivity contribution in [2.45, 2.75) is 69.3 Å². The van der Waals surface area contributed by atoms with Crippen molar-refractivity contribution in [2.75, 3.05) is 46.4 Å². The number of alkyl halides is 9. The van der Waals surface area contributed by atoms with E-state index in [0.29, 0.717) is 71.6 Å². The maximum Gasteiger partial charge on any atom is 0.416 e. The number of carbonyl (C=O) groups is 4. The van der Waals surface area contributed by atoms with Gasteiger partial charge in [0.05, 0.1) is 46.4 Å². The molecule has 0 saturated carbocycles. The Morgan fingerprint density at radius 2 is 0.784 bits per heavy atom. The number of hydrogen-bond donors (Lipinski definition) is 5. The molecule has 2 unspecified atom stereocenters. The van der Waals surface area contributed by atoms with Crippen molar-refractivity contribution in [2.24, 2.45) is 22.9 Å². The van der Waals surface area contributed by atoms with E-state index in [1.165, 1.54) is 69.4 Å². The quantitative estimate of drug-likeness (QED) is 0.0395. The van der Waals surface area contributed by atoms with Gasteiger partial charge in [-0.25, -0.2) is 26.4 Å². The second-order valence-corrected chi connectivity index (χ2v) is 23.3. The summed E-state index contributed by atoms with van der Waals surface area (Å²) in [6, 6.07) is 43.0. The Morgan fingerprint density at radius 3 is 1.12 bits per heavy atom. The number of methoxy groups -OCH3 is 1. The molecule has 3 aromatic heterocycles. The Bertz CT molecular complexity index is 4440. The Hall–Kier alpha value is -11.4. The number of aromatic nitrogens is 3. The van der Waals surface area contributed by atoms with Crippen molar-refractivity contribution in [1.29, 1.82) is 0 Å². The number of amides is 4. The molecule has 6 heterocycles. The van der Waals surface area contributed by atoms with Crippen LogP contribution in [0.2, 0.25) is 0 Å². The lowest BCUT2D eigenvalue weighted by Gasteiger charge is -2.27. The number of nitrogens with two attached hydrogens (primary N) is 4. The van der Waals surface area contributed by atoms with Gasteiger partial charge in [0.2, 0.25) is 5.91 Å². The third-order valence-electron chi connectivity index (χ3n) is 16.2. The molecule has 28 heteroatoms. The van der Waals surface area contributed by atoms with Crippen LogP contribution >= 0.6 is 0 Å². The Kier molecular flexibility index (Phi) is 24.7. The minimum absolute atomic E-state index is 0.0327. The van der Waals surface area contributed by atoms with E-state index < -0.39 is 71.1 Å². The molecule has 3 aliphatic rings. The van der Waals surface area contributed by atoms with E-state index in [1.807, 2.05) is 4.90 Å². The monoisotopic (exact) mass is 1410 g/mol. The largest absolute Gasteiger partial charge is 0.493 e. The maximum absolute atomic E-state index is 13.4. The second-order valence-electron chi connectivity index (χ2n) is 23.3. The van der Waals surface area contributed by atoms with Crippen molar-refractivity contribution in [3.8, 4) is 74.0 Å². The number of nitrogens with zero attached hydrogens (tertiary/aromatic N) is 6. The number of halogens is 9. The van der Waals surface area contributed by atoms with Crippen molar-refractivity contribution in [1.82, 2.24) is 30.1 Å². The minimum atomic E-state index is -4.59. The van der Waals surface area contributed by atoms with Gasteiger partial charge < -0.3 is 47.2 Å². The fraction of sp³-hybridized carbons (Fsp3) is 0.243. The van der Waals surface area contributed by atoms with Crippen LogP contribution in [0.15, 0.2) is 182 Å². The van der Waals surface area contributed by atoms with Crippen LogP contribution in [-0.4, -0.2) is 94.8 Å². The standard InChI is InChI=1S/C25H23F3N4O3.C25H21F3N4O2.C20H15F3N2O3.C4H9N/c26-25(27,28)16-8-11-21(18(14-16)22(24(30)34)32-12-1-2-13-32)35-17-9-6-15(7-10-17)19-4-3-5-20(31-19)23(29)33;1-30-24(32-13-2-3-14-32)19-15-17(25(26,27)28)9-12-22(19)34-18-10-7-16(8-11-18)20-5-4-6-21(31-20)23(29)33;1-27-18-11-13(20(21,22)23)7-10-17(18)28-14-8-5-12(6-9-14)15-3-2-4-16(25-15)19(24)26;1-2-4-5-3-1/h3-11,14,22H,1-2,12-13H2,(H2,29,33)(H2,30,34);4-12,15,24H,2-3,13-14H2,(H2,29,33);2-11H,1H3,(H2,24,26);5H,1-4H2. The highest BCUT2D eigenvalue weighted by atomic mass is 19.4. The van der Waals surface area contributed by atoms with Crippen LogP contribution in [0.3, 0.4) is 0 Å². The van der Waals surface area contributed by atoms with E-state index in [2.05, 4.69) is 25.1 Å². The molecule has 3 saturated heterocycles. The molecule has 3 fully saturated rings. The normalized spacial score (nSPS) is 14.4. The van der Waals surface area contributed by atoms with Crippen molar-refractivity contribution < 1.29 is 77.6 Å². The molecule has 530 valence electrons. The van der Waals surface area contributed by atoms with E-state index in [4.69, 9.17) is 48.5 Å². The van der Waals surface area contributed by atoms with Gasteiger partial charge in [-0.3, -0.25) is 28.9 Å². The van der Waals surface area contributed by atoms with Crippen LogP contribution in [0.1, 0.15) is 110 Å². The van der Waals surface area contributed by atoms with Crippen molar-refractivity contribution in [3.05, 3.63) is 238 Å².